The maximum absolute atomic E-state index is 12.6. The Morgan fingerprint density at radius 3 is 2.38 bits per heavy atom. The normalized spacial score (nSPS) is 31.3. The van der Waals surface area contributed by atoms with E-state index in [1.165, 1.54) is 38.9 Å². The third-order valence-corrected chi connectivity index (χ3v) is 7.63. The fraction of sp³-hybridized carbons (Fsp3) is 0.636. The van der Waals surface area contributed by atoms with Gasteiger partial charge in [-0.2, -0.15) is 0 Å². The lowest BCUT2D eigenvalue weighted by Crippen LogP contribution is -2.50. The van der Waals surface area contributed by atoms with Crippen LogP contribution in [0, 0.1) is 11.3 Å². The number of carbonyl (C=O) groups is 2. The zero-order valence-corrected chi connectivity index (χ0v) is 18.2. The van der Waals surface area contributed by atoms with Crippen LogP contribution in [-0.2, 0) is 4.79 Å². The molecule has 0 unspecified atom stereocenters. The molecule has 158 valence electrons. The Balaban J connectivity index is 1.31. The van der Waals surface area contributed by atoms with Gasteiger partial charge in [-0.1, -0.05) is 0 Å². The quantitative estimate of drug-likeness (QED) is 0.670. The Kier molecular flexibility index (Phi) is 6.16. The molecule has 29 heavy (non-hydrogen) atoms. The third kappa shape index (κ3) is 4.77. The van der Waals surface area contributed by atoms with E-state index < -0.39 is 5.97 Å². The molecular formula is C22H29BrN2O4. The van der Waals surface area contributed by atoms with E-state index in [1.54, 1.807) is 6.07 Å². The molecule has 3 aliphatic heterocycles. The van der Waals surface area contributed by atoms with Crippen LogP contribution in [0.1, 0.15) is 55.3 Å². The zero-order valence-electron chi connectivity index (χ0n) is 16.7. The minimum atomic E-state index is -0.729. The number of hydrogen-bond donors (Lipinski definition) is 2. The molecule has 4 aliphatic rings. The fourth-order valence-corrected chi connectivity index (χ4v) is 5.35. The largest absolute Gasteiger partial charge is 0.492 e. The molecule has 1 aromatic rings. The molecule has 0 spiro atoms. The van der Waals surface area contributed by atoms with Crippen molar-refractivity contribution in [1.82, 2.24) is 10.2 Å². The van der Waals surface area contributed by atoms with Gasteiger partial charge in [0.15, 0.2) is 0 Å². The summed E-state index contributed by atoms with van der Waals surface area (Å²) >= 11 is 3.56. The Morgan fingerprint density at radius 1 is 1.14 bits per heavy atom. The molecule has 1 amide bonds. The van der Waals surface area contributed by atoms with E-state index in [0.29, 0.717) is 36.7 Å². The van der Waals surface area contributed by atoms with Crippen molar-refractivity contribution in [1.29, 1.82) is 0 Å². The average Bonchev–Trinajstić information content (AvgIpc) is 2.74. The number of carbonyl (C=O) groups excluding carboxylic acids is 1. The summed E-state index contributed by atoms with van der Waals surface area (Å²) in [6, 6.07) is 5.53. The number of nitrogens with zero attached hydrogens (tertiary/aromatic N) is 1. The maximum atomic E-state index is 12.6. The molecule has 7 heteroatoms. The first-order valence-corrected chi connectivity index (χ1v) is 11.4. The summed E-state index contributed by atoms with van der Waals surface area (Å²) in [5, 5.41) is 12.1. The maximum Gasteiger partial charge on any atom is 0.306 e. The molecule has 5 rings (SSSR count). The monoisotopic (exact) mass is 464 g/mol. The van der Waals surface area contributed by atoms with E-state index in [-0.39, 0.29) is 17.9 Å². The van der Waals surface area contributed by atoms with Gasteiger partial charge in [0, 0.05) is 17.0 Å². The van der Waals surface area contributed by atoms with Crippen LogP contribution in [0.5, 0.6) is 5.75 Å². The summed E-state index contributed by atoms with van der Waals surface area (Å²) in [4.78, 5) is 26.2. The first-order valence-electron chi connectivity index (χ1n) is 10.6. The van der Waals surface area contributed by atoms with Crippen molar-refractivity contribution < 1.29 is 19.4 Å². The summed E-state index contributed by atoms with van der Waals surface area (Å²) in [6.07, 6.45) is 6.28. The molecular weight excluding hydrogens is 436 g/mol. The van der Waals surface area contributed by atoms with Gasteiger partial charge in [-0.05, 0) is 98.7 Å². The van der Waals surface area contributed by atoms with E-state index in [9.17, 15) is 9.59 Å². The molecule has 1 aromatic carbocycles. The van der Waals surface area contributed by atoms with Gasteiger partial charge in [-0.25, -0.2) is 0 Å². The van der Waals surface area contributed by atoms with Crippen LogP contribution in [0.15, 0.2) is 22.7 Å². The second kappa shape index (κ2) is 8.64. The zero-order chi connectivity index (χ0) is 20.4. The van der Waals surface area contributed by atoms with Gasteiger partial charge < -0.3 is 20.1 Å². The Morgan fingerprint density at radius 2 is 1.79 bits per heavy atom. The van der Waals surface area contributed by atoms with E-state index in [1.807, 2.05) is 12.1 Å². The number of amides is 1. The van der Waals surface area contributed by atoms with E-state index in [4.69, 9.17) is 9.84 Å². The minimum Gasteiger partial charge on any atom is -0.492 e. The number of carboxylic acid groups (broad SMARTS) is 1. The van der Waals surface area contributed by atoms with Crippen LogP contribution in [-0.4, -0.2) is 54.2 Å². The van der Waals surface area contributed by atoms with Crippen LogP contribution in [0.25, 0.3) is 0 Å². The van der Waals surface area contributed by atoms with E-state index in [2.05, 4.69) is 26.1 Å². The van der Waals surface area contributed by atoms with Crippen LogP contribution < -0.4 is 10.1 Å². The second-order valence-corrected chi connectivity index (χ2v) is 9.74. The SMILES string of the molecule is O=C(NC1CCC(C(=O)O)CC1)c1ccc(OCC23CCN(CC2)CC3)c(Br)c1. The van der Waals surface area contributed by atoms with Gasteiger partial charge in [0.2, 0.25) is 0 Å². The highest BCUT2D eigenvalue weighted by molar-refractivity contribution is 9.10. The van der Waals surface area contributed by atoms with Gasteiger partial charge in [0.25, 0.3) is 5.91 Å². The number of nitrogens with one attached hydrogen (secondary N) is 1. The second-order valence-electron chi connectivity index (χ2n) is 8.89. The van der Waals surface area contributed by atoms with E-state index in [0.717, 1.165) is 16.8 Å². The van der Waals surface area contributed by atoms with Crippen molar-refractivity contribution in [2.45, 2.75) is 51.0 Å². The molecule has 2 N–H and O–H groups in total. The molecule has 0 radical (unpaired) electrons. The lowest BCUT2D eigenvalue weighted by atomic mass is 9.73. The highest BCUT2D eigenvalue weighted by atomic mass is 79.9. The Labute approximate surface area is 180 Å². The van der Waals surface area contributed by atoms with Crippen LogP contribution >= 0.6 is 15.9 Å². The first-order chi connectivity index (χ1) is 13.9. The van der Waals surface area contributed by atoms with Crippen LogP contribution in [0.3, 0.4) is 0 Å². The predicted octanol–water partition coefficient (Wildman–Crippen LogP) is 3.69. The average molecular weight is 465 g/mol. The topological polar surface area (TPSA) is 78.9 Å². The Bertz CT molecular complexity index is 754. The van der Waals surface area contributed by atoms with Crippen molar-refractivity contribution in [3.05, 3.63) is 28.2 Å². The first kappa shape index (κ1) is 20.7. The molecule has 2 bridgehead atoms. The number of hydrogen-bond acceptors (Lipinski definition) is 4. The number of fused-ring (bicyclic) bond motifs is 3. The standard InChI is InChI=1S/C22H29BrN2O4/c23-18-13-16(20(26)24-17-4-1-15(2-5-17)21(27)28)3-6-19(18)29-14-22-7-10-25(11-8-22)12-9-22/h3,6,13,15,17H,1-2,4-5,7-12,14H2,(H,24,26)(H,27,28). The summed E-state index contributed by atoms with van der Waals surface area (Å²) in [5.74, 6) is -0.336. The summed E-state index contributed by atoms with van der Waals surface area (Å²) in [7, 11) is 0. The number of rotatable bonds is 6. The Hall–Kier alpha value is -1.60. The summed E-state index contributed by atoms with van der Waals surface area (Å²) < 4.78 is 6.96. The fourth-order valence-electron chi connectivity index (χ4n) is 4.86. The van der Waals surface area contributed by atoms with Gasteiger partial charge in [0.05, 0.1) is 17.0 Å². The molecule has 1 aliphatic carbocycles. The van der Waals surface area contributed by atoms with Crippen molar-refractivity contribution in [2.24, 2.45) is 11.3 Å². The molecule has 3 saturated heterocycles. The lowest BCUT2D eigenvalue weighted by Gasteiger charge is -2.48. The van der Waals surface area contributed by atoms with Gasteiger partial charge in [-0.15, -0.1) is 0 Å². The number of aliphatic carboxylic acids is 1. The molecule has 6 nitrogen and oxygen atoms in total. The minimum absolute atomic E-state index is 0.0454. The molecule has 0 aromatic heterocycles. The molecule has 4 fully saturated rings. The van der Waals surface area contributed by atoms with Gasteiger partial charge >= 0.3 is 5.97 Å². The predicted molar refractivity (Wildman–Crippen MR) is 113 cm³/mol. The smallest absolute Gasteiger partial charge is 0.306 e. The number of benzene rings is 1. The highest BCUT2D eigenvalue weighted by Gasteiger charge is 2.40. The van der Waals surface area contributed by atoms with Crippen LogP contribution in [0.2, 0.25) is 0 Å². The van der Waals surface area contributed by atoms with Crippen molar-refractivity contribution in [3.8, 4) is 5.75 Å². The molecule has 1 saturated carbocycles. The number of carboxylic acids is 1. The van der Waals surface area contributed by atoms with Crippen molar-refractivity contribution in [3.63, 3.8) is 0 Å². The number of halogens is 1. The van der Waals surface area contributed by atoms with Gasteiger partial charge in [0.1, 0.15) is 5.75 Å². The number of ether oxygens (including phenoxy) is 1. The third-order valence-electron chi connectivity index (χ3n) is 7.01. The summed E-state index contributed by atoms with van der Waals surface area (Å²) in [5.41, 5.74) is 0.896. The van der Waals surface area contributed by atoms with Gasteiger partial charge in [-0.3, -0.25) is 9.59 Å². The molecule has 0 atom stereocenters. The number of piperidine rings is 3. The van der Waals surface area contributed by atoms with Crippen LogP contribution in [0.4, 0.5) is 0 Å². The van der Waals surface area contributed by atoms with Crippen molar-refractivity contribution in [2.75, 3.05) is 26.2 Å². The lowest BCUT2D eigenvalue weighted by molar-refractivity contribution is -0.142. The van der Waals surface area contributed by atoms with Crippen molar-refractivity contribution >= 4 is 27.8 Å². The van der Waals surface area contributed by atoms with E-state index >= 15 is 0 Å². The molecule has 3 heterocycles. The summed E-state index contributed by atoms with van der Waals surface area (Å²) in [6.45, 7) is 4.27. The highest BCUT2D eigenvalue weighted by Crippen LogP contribution is 2.41.